The summed E-state index contributed by atoms with van der Waals surface area (Å²) in [6.45, 7) is 7.91. The van der Waals surface area contributed by atoms with Crippen LogP contribution in [-0.2, 0) is 35.5 Å². The SMILES string of the molecule is CCC[C@H](N[C@H]1CCc2cc(C)cc(F)c2C1)C(=O)Nc1cn(CC2COCCN2Cc2ccccc2)cn1. The van der Waals surface area contributed by atoms with Gasteiger partial charge in [-0.15, -0.1) is 0 Å². The Kier molecular flexibility index (Phi) is 9.06. The number of anilines is 1. The number of aromatic nitrogens is 2. The standard InChI is InChI=1S/C31H40FN5O2/c1-3-7-29(34-25-11-10-24-14-22(2)15-28(32)27(24)16-25)31(38)35-30-19-36(21-33-30)18-26-20-39-13-12-37(26)17-23-8-5-4-6-9-23/h4-6,8-9,14-15,19,21,25-26,29,34H,3,7,10-13,16-18,20H2,1-2H3,(H,35,38)/t25-,26?,29-/m0/s1. The molecule has 5 rings (SSSR count). The number of morpholine rings is 1. The fraction of sp³-hybridized carbons (Fsp3) is 0.484. The summed E-state index contributed by atoms with van der Waals surface area (Å²) in [7, 11) is 0. The largest absolute Gasteiger partial charge is 0.378 e. The van der Waals surface area contributed by atoms with Gasteiger partial charge in [0.1, 0.15) is 5.82 Å². The number of rotatable bonds is 10. The molecule has 208 valence electrons. The van der Waals surface area contributed by atoms with E-state index in [1.807, 2.05) is 23.8 Å². The first-order chi connectivity index (χ1) is 19.0. The van der Waals surface area contributed by atoms with Crippen LogP contribution < -0.4 is 10.6 Å². The van der Waals surface area contributed by atoms with Crippen molar-refractivity contribution < 1.29 is 13.9 Å². The Labute approximate surface area is 230 Å². The lowest BCUT2D eigenvalue weighted by Crippen LogP contribution is -2.48. The molecule has 8 heteroatoms. The number of carbonyl (C=O) groups excluding carboxylic acids is 1. The van der Waals surface area contributed by atoms with E-state index in [-0.39, 0.29) is 29.8 Å². The van der Waals surface area contributed by atoms with Crippen molar-refractivity contribution in [3.63, 3.8) is 0 Å². The number of hydrogen-bond acceptors (Lipinski definition) is 5. The maximum absolute atomic E-state index is 14.6. The van der Waals surface area contributed by atoms with Crippen LogP contribution in [-0.4, -0.2) is 58.2 Å². The Morgan fingerprint density at radius 3 is 2.92 bits per heavy atom. The molecule has 2 N–H and O–H groups in total. The third kappa shape index (κ3) is 7.12. The van der Waals surface area contributed by atoms with Gasteiger partial charge in [0.15, 0.2) is 5.82 Å². The zero-order chi connectivity index (χ0) is 27.2. The van der Waals surface area contributed by atoms with Crippen LogP contribution in [0.15, 0.2) is 55.0 Å². The highest BCUT2D eigenvalue weighted by Gasteiger charge is 2.27. The van der Waals surface area contributed by atoms with Crippen molar-refractivity contribution in [3.05, 3.63) is 83.1 Å². The van der Waals surface area contributed by atoms with Crippen LogP contribution in [0.4, 0.5) is 10.2 Å². The Balaban J connectivity index is 1.18. The summed E-state index contributed by atoms with van der Waals surface area (Å²) >= 11 is 0. The van der Waals surface area contributed by atoms with Crippen molar-refractivity contribution in [3.8, 4) is 0 Å². The summed E-state index contributed by atoms with van der Waals surface area (Å²) in [6, 6.07) is 14.1. The molecule has 7 nitrogen and oxygen atoms in total. The Morgan fingerprint density at radius 2 is 2.10 bits per heavy atom. The monoisotopic (exact) mass is 533 g/mol. The summed E-state index contributed by atoms with van der Waals surface area (Å²) in [6.07, 6.45) is 7.56. The van der Waals surface area contributed by atoms with Crippen molar-refractivity contribution in [1.29, 1.82) is 0 Å². The average molecular weight is 534 g/mol. The van der Waals surface area contributed by atoms with Gasteiger partial charge < -0.3 is 19.9 Å². The Morgan fingerprint density at radius 1 is 1.26 bits per heavy atom. The molecule has 3 aromatic rings. The van der Waals surface area contributed by atoms with Gasteiger partial charge in [-0.05, 0) is 60.9 Å². The number of hydrogen-bond donors (Lipinski definition) is 2. The smallest absolute Gasteiger partial charge is 0.242 e. The number of aryl methyl sites for hydroxylation is 2. The molecule has 2 heterocycles. The highest BCUT2D eigenvalue weighted by molar-refractivity contribution is 5.94. The number of halogens is 1. The molecule has 0 spiro atoms. The molecule has 1 unspecified atom stereocenters. The van der Waals surface area contributed by atoms with E-state index in [2.05, 4.69) is 57.8 Å². The van der Waals surface area contributed by atoms with E-state index in [4.69, 9.17) is 4.74 Å². The molecule has 3 atom stereocenters. The maximum Gasteiger partial charge on any atom is 0.242 e. The van der Waals surface area contributed by atoms with E-state index < -0.39 is 0 Å². The predicted octanol–water partition coefficient (Wildman–Crippen LogP) is 4.49. The van der Waals surface area contributed by atoms with Gasteiger partial charge in [0.05, 0.1) is 31.6 Å². The van der Waals surface area contributed by atoms with Crippen molar-refractivity contribution in [2.24, 2.45) is 0 Å². The highest BCUT2D eigenvalue weighted by atomic mass is 19.1. The normalized spacial score (nSPS) is 20.4. The lowest BCUT2D eigenvalue weighted by Gasteiger charge is -2.35. The summed E-state index contributed by atoms with van der Waals surface area (Å²) in [5.41, 5.74) is 4.13. The quantitative estimate of drug-likeness (QED) is 0.402. The van der Waals surface area contributed by atoms with Gasteiger partial charge in [-0.3, -0.25) is 9.69 Å². The second-order valence-corrected chi connectivity index (χ2v) is 11.0. The fourth-order valence-electron chi connectivity index (χ4n) is 5.84. The van der Waals surface area contributed by atoms with E-state index in [1.165, 1.54) is 5.56 Å². The molecule has 1 saturated heterocycles. The number of nitrogens with zero attached hydrogens (tertiary/aromatic N) is 3. The lowest BCUT2D eigenvalue weighted by atomic mass is 9.86. The molecular formula is C31H40FN5O2. The molecule has 1 aliphatic carbocycles. The van der Waals surface area contributed by atoms with Crippen LogP contribution in [0.1, 0.15) is 48.4 Å². The van der Waals surface area contributed by atoms with Crippen molar-refractivity contribution in [2.45, 2.75) is 77.2 Å². The summed E-state index contributed by atoms with van der Waals surface area (Å²) < 4.78 is 22.4. The molecule has 2 aromatic carbocycles. The zero-order valence-electron chi connectivity index (χ0n) is 23.0. The summed E-state index contributed by atoms with van der Waals surface area (Å²) in [4.78, 5) is 20.2. The minimum atomic E-state index is -0.353. The molecule has 39 heavy (non-hydrogen) atoms. The van der Waals surface area contributed by atoms with Crippen LogP contribution in [0.3, 0.4) is 0 Å². The molecule has 0 bridgehead atoms. The molecule has 0 radical (unpaired) electrons. The number of amides is 1. The minimum absolute atomic E-state index is 0.0662. The number of fused-ring (bicyclic) bond motifs is 1. The summed E-state index contributed by atoms with van der Waals surface area (Å²) in [5, 5.41) is 6.54. The van der Waals surface area contributed by atoms with Gasteiger partial charge in [-0.1, -0.05) is 49.7 Å². The van der Waals surface area contributed by atoms with Gasteiger partial charge >= 0.3 is 0 Å². The highest BCUT2D eigenvalue weighted by Crippen LogP contribution is 2.26. The van der Waals surface area contributed by atoms with Crippen LogP contribution in [0, 0.1) is 12.7 Å². The first-order valence-electron chi connectivity index (χ1n) is 14.2. The zero-order valence-corrected chi connectivity index (χ0v) is 23.0. The van der Waals surface area contributed by atoms with Gasteiger partial charge in [0, 0.05) is 31.9 Å². The molecule has 0 saturated carbocycles. The van der Waals surface area contributed by atoms with Crippen molar-refractivity contribution >= 4 is 11.7 Å². The lowest BCUT2D eigenvalue weighted by molar-refractivity contribution is -0.118. The second kappa shape index (κ2) is 12.9. The first kappa shape index (κ1) is 27.5. The van der Waals surface area contributed by atoms with Crippen LogP contribution in [0.2, 0.25) is 0 Å². The van der Waals surface area contributed by atoms with Crippen LogP contribution >= 0.6 is 0 Å². The average Bonchev–Trinajstić information content (AvgIpc) is 3.37. The number of nitrogens with one attached hydrogen (secondary N) is 2. The summed E-state index contributed by atoms with van der Waals surface area (Å²) in [5.74, 6) is 0.318. The molecule has 1 aromatic heterocycles. The third-order valence-electron chi connectivity index (χ3n) is 7.86. The molecule has 2 aliphatic rings. The van der Waals surface area contributed by atoms with E-state index in [0.29, 0.717) is 25.3 Å². The third-order valence-corrected chi connectivity index (χ3v) is 7.86. The van der Waals surface area contributed by atoms with E-state index in [1.54, 1.807) is 12.4 Å². The van der Waals surface area contributed by atoms with Gasteiger partial charge in [0.25, 0.3) is 0 Å². The molecular weight excluding hydrogens is 493 g/mol. The second-order valence-electron chi connectivity index (χ2n) is 11.0. The maximum atomic E-state index is 14.6. The topological polar surface area (TPSA) is 71.4 Å². The number of benzene rings is 2. The minimum Gasteiger partial charge on any atom is -0.378 e. The molecule has 1 amide bonds. The van der Waals surface area contributed by atoms with Crippen molar-refractivity contribution in [2.75, 3.05) is 25.1 Å². The number of imidazole rings is 1. The fourth-order valence-corrected chi connectivity index (χ4v) is 5.84. The first-order valence-corrected chi connectivity index (χ1v) is 14.2. The van der Waals surface area contributed by atoms with Crippen LogP contribution in [0.25, 0.3) is 0 Å². The van der Waals surface area contributed by atoms with E-state index in [0.717, 1.165) is 62.2 Å². The Hall–Kier alpha value is -3.07. The Bertz CT molecular complexity index is 1250. The van der Waals surface area contributed by atoms with Crippen molar-refractivity contribution in [1.82, 2.24) is 19.8 Å². The molecule has 1 fully saturated rings. The predicted molar refractivity (Wildman–Crippen MR) is 151 cm³/mol. The number of carbonyl (C=O) groups is 1. The van der Waals surface area contributed by atoms with Gasteiger partial charge in [-0.2, -0.15) is 0 Å². The van der Waals surface area contributed by atoms with Crippen LogP contribution in [0.5, 0.6) is 0 Å². The van der Waals surface area contributed by atoms with Gasteiger partial charge in [0.2, 0.25) is 5.91 Å². The van der Waals surface area contributed by atoms with E-state index >= 15 is 0 Å². The van der Waals surface area contributed by atoms with Gasteiger partial charge in [-0.25, -0.2) is 9.37 Å². The number of ether oxygens (including phenoxy) is 1. The van der Waals surface area contributed by atoms with E-state index in [9.17, 15) is 9.18 Å². The molecule has 1 aliphatic heterocycles.